The second-order valence-corrected chi connectivity index (χ2v) is 7.71. The maximum atomic E-state index is 13.2. The molecule has 30 heavy (non-hydrogen) atoms. The molecule has 0 spiro atoms. The Balaban J connectivity index is 1.38. The Labute approximate surface area is 177 Å². The van der Waals surface area contributed by atoms with Gasteiger partial charge in [-0.3, -0.25) is 9.69 Å². The minimum atomic E-state index is -0.287. The van der Waals surface area contributed by atoms with Gasteiger partial charge in [0.1, 0.15) is 18.4 Å². The molecule has 2 unspecified atom stereocenters. The van der Waals surface area contributed by atoms with Gasteiger partial charge in [0.15, 0.2) is 0 Å². The van der Waals surface area contributed by atoms with Crippen LogP contribution in [0.15, 0.2) is 54.6 Å². The van der Waals surface area contributed by atoms with Gasteiger partial charge in [0.2, 0.25) is 0 Å². The third kappa shape index (κ3) is 4.64. The molecule has 1 amide bonds. The highest BCUT2D eigenvalue weighted by Crippen LogP contribution is 2.25. The molecule has 0 N–H and O–H groups in total. The van der Waals surface area contributed by atoms with E-state index in [4.69, 9.17) is 9.47 Å². The summed E-state index contributed by atoms with van der Waals surface area (Å²) in [7, 11) is 0. The highest BCUT2D eigenvalue weighted by atomic mass is 16.5. The van der Waals surface area contributed by atoms with Gasteiger partial charge < -0.3 is 14.4 Å². The number of ether oxygens (including phenoxy) is 2. The van der Waals surface area contributed by atoms with E-state index in [0.29, 0.717) is 44.1 Å². The number of hydrogen-bond donors (Lipinski definition) is 0. The van der Waals surface area contributed by atoms with Crippen molar-refractivity contribution in [2.24, 2.45) is 0 Å². The van der Waals surface area contributed by atoms with E-state index in [1.807, 2.05) is 59.5 Å². The molecule has 2 aliphatic rings. The molecule has 156 valence electrons. The van der Waals surface area contributed by atoms with Gasteiger partial charge in [0.05, 0.1) is 17.7 Å². The van der Waals surface area contributed by atoms with Gasteiger partial charge in [-0.15, -0.1) is 0 Å². The number of benzene rings is 2. The van der Waals surface area contributed by atoms with E-state index in [-0.39, 0.29) is 18.1 Å². The molecule has 6 heteroatoms. The minimum Gasteiger partial charge on any atom is -0.490 e. The van der Waals surface area contributed by atoms with Crippen molar-refractivity contribution in [2.45, 2.75) is 25.0 Å². The third-order valence-corrected chi connectivity index (χ3v) is 5.77. The molecule has 2 aliphatic heterocycles. The van der Waals surface area contributed by atoms with Gasteiger partial charge in [-0.25, -0.2) is 0 Å². The first kappa shape index (κ1) is 20.4. The van der Waals surface area contributed by atoms with Crippen molar-refractivity contribution in [3.05, 3.63) is 65.7 Å². The summed E-state index contributed by atoms with van der Waals surface area (Å²) in [6.07, 6.45) is 2.17. The van der Waals surface area contributed by atoms with E-state index in [2.05, 4.69) is 11.0 Å². The molecular formula is C24H27N3O3. The number of carbonyl (C=O) groups is 1. The molecule has 0 radical (unpaired) electrons. The smallest absolute Gasteiger partial charge is 0.257 e. The highest BCUT2D eigenvalue weighted by Gasteiger charge is 2.28. The molecule has 2 aromatic rings. The first-order valence-electron chi connectivity index (χ1n) is 10.6. The topological polar surface area (TPSA) is 65.8 Å². The summed E-state index contributed by atoms with van der Waals surface area (Å²) in [5.74, 6) is 0.588. The van der Waals surface area contributed by atoms with Crippen LogP contribution in [0.4, 0.5) is 0 Å². The van der Waals surface area contributed by atoms with Crippen molar-refractivity contribution < 1.29 is 14.3 Å². The summed E-state index contributed by atoms with van der Waals surface area (Å²) in [6.45, 7) is 3.76. The zero-order valence-electron chi connectivity index (χ0n) is 17.1. The number of rotatable bonds is 6. The minimum absolute atomic E-state index is 0.0224. The average molecular weight is 405 g/mol. The Hall–Kier alpha value is -2.88. The molecule has 4 rings (SSSR count). The fourth-order valence-electron chi connectivity index (χ4n) is 4.08. The Bertz CT molecular complexity index is 882. The molecule has 2 atom stereocenters. The fourth-order valence-corrected chi connectivity index (χ4v) is 4.08. The Morgan fingerprint density at radius 1 is 1.10 bits per heavy atom. The number of piperazine rings is 1. The molecule has 2 fully saturated rings. The first-order chi connectivity index (χ1) is 14.8. The van der Waals surface area contributed by atoms with Crippen LogP contribution in [0.3, 0.4) is 0 Å². The number of nitriles is 1. The van der Waals surface area contributed by atoms with Crippen LogP contribution in [-0.4, -0.2) is 61.2 Å². The van der Waals surface area contributed by atoms with E-state index in [1.165, 1.54) is 0 Å². The Kier molecular flexibility index (Phi) is 6.63. The molecule has 2 saturated heterocycles. The largest absolute Gasteiger partial charge is 0.490 e. The molecule has 0 aliphatic carbocycles. The van der Waals surface area contributed by atoms with Crippen molar-refractivity contribution in [3.63, 3.8) is 0 Å². The molecule has 0 bridgehead atoms. The lowest BCUT2D eigenvalue weighted by Crippen LogP contribution is -2.49. The van der Waals surface area contributed by atoms with Gasteiger partial charge in [0.25, 0.3) is 5.91 Å². The summed E-state index contributed by atoms with van der Waals surface area (Å²) in [5, 5.41) is 9.67. The summed E-state index contributed by atoms with van der Waals surface area (Å²) in [6, 6.07) is 19.4. The van der Waals surface area contributed by atoms with Crippen LogP contribution in [0.2, 0.25) is 0 Å². The summed E-state index contributed by atoms with van der Waals surface area (Å²) >= 11 is 0. The SMILES string of the molecule is N#CC(c1ccccc1)N1CCN(C(=O)c2ccccc2OCC2CCCO2)CC1. The Morgan fingerprint density at radius 2 is 1.83 bits per heavy atom. The van der Waals surface area contributed by atoms with Crippen molar-refractivity contribution >= 4 is 5.91 Å². The number of hydrogen-bond acceptors (Lipinski definition) is 5. The zero-order valence-corrected chi connectivity index (χ0v) is 17.1. The maximum absolute atomic E-state index is 13.2. The number of carbonyl (C=O) groups excluding carboxylic acids is 1. The standard InChI is InChI=1S/C24H27N3O3/c25-17-22(19-7-2-1-3-8-19)26-12-14-27(15-13-26)24(28)21-10-4-5-11-23(21)30-18-20-9-6-16-29-20/h1-5,7-8,10-11,20,22H,6,9,12-16,18H2. The van der Waals surface area contributed by atoms with Crippen LogP contribution < -0.4 is 4.74 Å². The quantitative estimate of drug-likeness (QED) is 0.738. The summed E-state index contributed by atoms with van der Waals surface area (Å²) in [4.78, 5) is 17.2. The second kappa shape index (κ2) is 9.75. The van der Waals surface area contributed by atoms with Crippen LogP contribution in [0, 0.1) is 11.3 Å². The van der Waals surface area contributed by atoms with Crippen LogP contribution in [-0.2, 0) is 4.74 Å². The number of amides is 1. The number of para-hydroxylation sites is 1. The fraction of sp³-hybridized carbons (Fsp3) is 0.417. The van der Waals surface area contributed by atoms with Crippen LogP contribution in [0.5, 0.6) is 5.75 Å². The van der Waals surface area contributed by atoms with E-state index < -0.39 is 0 Å². The molecule has 2 aromatic carbocycles. The predicted molar refractivity (Wildman–Crippen MR) is 113 cm³/mol. The van der Waals surface area contributed by atoms with E-state index in [9.17, 15) is 10.1 Å². The van der Waals surface area contributed by atoms with E-state index in [0.717, 1.165) is 25.0 Å². The average Bonchev–Trinajstić information content (AvgIpc) is 3.33. The lowest BCUT2D eigenvalue weighted by Gasteiger charge is -2.37. The van der Waals surface area contributed by atoms with Crippen molar-refractivity contribution in [3.8, 4) is 11.8 Å². The van der Waals surface area contributed by atoms with Crippen LogP contribution in [0.1, 0.15) is 34.8 Å². The highest BCUT2D eigenvalue weighted by molar-refractivity contribution is 5.97. The lowest BCUT2D eigenvalue weighted by molar-refractivity contribution is 0.0577. The van der Waals surface area contributed by atoms with Gasteiger partial charge in [0, 0.05) is 32.8 Å². The maximum Gasteiger partial charge on any atom is 0.257 e. The third-order valence-electron chi connectivity index (χ3n) is 5.77. The van der Waals surface area contributed by atoms with Crippen molar-refractivity contribution in [2.75, 3.05) is 39.4 Å². The summed E-state index contributed by atoms with van der Waals surface area (Å²) < 4.78 is 11.6. The zero-order chi connectivity index (χ0) is 20.8. The van der Waals surface area contributed by atoms with Crippen LogP contribution >= 0.6 is 0 Å². The first-order valence-corrected chi connectivity index (χ1v) is 10.6. The molecule has 0 saturated carbocycles. The lowest BCUT2D eigenvalue weighted by atomic mass is 10.1. The van der Waals surface area contributed by atoms with E-state index >= 15 is 0 Å². The van der Waals surface area contributed by atoms with Gasteiger partial charge >= 0.3 is 0 Å². The van der Waals surface area contributed by atoms with Gasteiger partial charge in [-0.05, 0) is 30.5 Å². The normalized spacial score (nSPS) is 20.5. The van der Waals surface area contributed by atoms with E-state index in [1.54, 1.807) is 0 Å². The monoisotopic (exact) mass is 405 g/mol. The van der Waals surface area contributed by atoms with Crippen molar-refractivity contribution in [1.29, 1.82) is 5.26 Å². The van der Waals surface area contributed by atoms with Crippen LogP contribution in [0.25, 0.3) is 0 Å². The number of nitrogens with zero attached hydrogens (tertiary/aromatic N) is 3. The molecule has 6 nitrogen and oxygen atoms in total. The van der Waals surface area contributed by atoms with Crippen molar-refractivity contribution in [1.82, 2.24) is 9.80 Å². The van der Waals surface area contributed by atoms with Gasteiger partial charge in [-0.1, -0.05) is 42.5 Å². The second-order valence-electron chi connectivity index (χ2n) is 7.71. The molecular weight excluding hydrogens is 378 g/mol. The predicted octanol–water partition coefficient (Wildman–Crippen LogP) is 3.27. The molecule has 2 heterocycles. The summed E-state index contributed by atoms with van der Waals surface area (Å²) in [5.41, 5.74) is 1.58. The van der Waals surface area contributed by atoms with Gasteiger partial charge in [-0.2, -0.15) is 5.26 Å². The Morgan fingerprint density at radius 3 is 2.53 bits per heavy atom. The molecule has 0 aromatic heterocycles.